The van der Waals surface area contributed by atoms with E-state index in [0.29, 0.717) is 37.0 Å². The minimum atomic E-state index is -0.111. The van der Waals surface area contributed by atoms with Gasteiger partial charge in [0.15, 0.2) is 11.5 Å². The van der Waals surface area contributed by atoms with Crippen molar-refractivity contribution in [3.63, 3.8) is 0 Å². The van der Waals surface area contributed by atoms with E-state index in [1.54, 1.807) is 30.6 Å². The maximum absolute atomic E-state index is 12.4. The van der Waals surface area contributed by atoms with Gasteiger partial charge < -0.3 is 19.5 Å². The quantitative estimate of drug-likeness (QED) is 0.703. The standard InChI is InChI=1S/C22H26N2O4S/c1-26-18-13-16(14-19-22(18)28-11-10-27-19)6-7-21(25)23-15-17(20-5-4-12-29-20)24-8-2-3-9-24/h4-7,12-14,17H,2-3,8-11,15H2,1H3,(H,23,25)/b7-6+. The van der Waals surface area contributed by atoms with Crippen molar-refractivity contribution in [2.75, 3.05) is 40.0 Å². The van der Waals surface area contributed by atoms with Crippen molar-refractivity contribution in [1.29, 1.82) is 0 Å². The Bertz CT molecular complexity index is 843. The molecule has 4 rings (SSSR count). The number of methoxy groups -OCH3 is 1. The average Bonchev–Trinajstić information content (AvgIpc) is 3.47. The highest BCUT2D eigenvalue weighted by molar-refractivity contribution is 7.10. The summed E-state index contributed by atoms with van der Waals surface area (Å²) in [6.45, 7) is 3.79. The van der Waals surface area contributed by atoms with Gasteiger partial charge in [-0.2, -0.15) is 0 Å². The number of nitrogens with one attached hydrogen (secondary N) is 1. The van der Waals surface area contributed by atoms with Crippen LogP contribution < -0.4 is 19.5 Å². The van der Waals surface area contributed by atoms with Gasteiger partial charge in [0.2, 0.25) is 11.7 Å². The lowest BCUT2D eigenvalue weighted by Crippen LogP contribution is -2.35. The van der Waals surface area contributed by atoms with Crippen LogP contribution in [0.3, 0.4) is 0 Å². The predicted octanol–water partition coefficient (Wildman–Crippen LogP) is 3.49. The smallest absolute Gasteiger partial charge is 0.244 e. The Morgan fingerprint density at radius 3 is 2.90 bits per heavy atom. The number of ether oxygens (including phenoxy) is 3. The summed E-state index contributed by atoms with van der Waals surface area (Å²) in [7, 11) is 1.59. The van der Waals surface area contributed by atoms with E-state index >= 15 is 0 Å². The van der Waals surface area contributed by atoms with Gasteiger partial charge in [-0.1, -0.05) is 6.07 Å². The maximum atomic E-state index is 12.4. The molecule has 2 aliphatic rings. The summed E-state index contributed by atoms with van der Waals surface area (Å²) in [5.74, 6) is 1.75. The van der Waals surface area contributed by atoms with E-state index in [1.807, 2.05) is 12.1 Å². The second-order valence-electron chi connectivity index (χ2n) is 7.10. The fourth-order valence-electron chi connectivity index (χ4n) is 3.76. The molecule has 1 amide bonds. The molecule has 1 saturated heterocycles. The number of amides is 1. The fourth-order valence-corrected chi connectivity index (χ4v) is 4.62. The van der Waals surface area contributed by atoms with Crippen molar-refractivity contribution >= 4 is 23.3 Å². The van der Waals surface area contributed by atoms with E-state index in [9.17, 15) is 4.79 Å². The van der Waals surface area contributed by atoms with Crippen LogP contribution in [0.5, 0.6) is 17.2 Å². The van der Waals surface area contributed by atoms with Gasteiger partial charge in [0.05, 0.1) is 13.2 Å². The van der Waals surface area contributed by atoms with Crippen LogP contribution in [-0.2, 0) is 4.79 Å². The number of hydrogen-bond acceptors (Lipinski definition) is 6. The number of nitrogens with zero attached hydrogens (tertiary/aromatic N) is 1. The molecule has 1 atom stereocenters. The summed E-state index contributed by atoms with van der Waals surface area (Å²) in [6.07, 6.45) is 5.77. The van der Waals surface area contributed by atoms with E-state index in [4.69, 9.17) is 14.2 Å². The van der Waals surface area contributed by atoms with Crippen LogP contribution in [0.1, 0.15) is 29.3 Å². The highest BCUT2D eigenvalue weighted by Gasteiger charge is 2.24. The van der Waals surface area contributed by atoms with Crippen LogP contribution in [0.2, 0.25) is 0 Å². The molecule has 1 fully saturated rings. The summed E-state index contributed by atoms with van der Waals surface area (Å²) in [6, 6.07) is 8.16. The largest absolute Gasteiger partial charge is 0.493 e. The number of benzene rings is 1. The Kier molecular flexibility index (Phi) is 6.36. The molecule has 0 spiro atoms. The first-order chi connectivity index (χ1) is 14.2. The molecule has 1 N–H and O–H groups in total. The van der Waals surface area contributed by atoms with Crippen LogP contribution in [0.25, 0.3) is 6.08 Å². The number of carbonyl (C=O) groups excluding carboxylic acids is 1. The number of thiophene rings is 1. The number of hydrogen-bond donors (Lipinski definition) is 1. The number of carbonyl (C=O) groups is 1. The van der Waals surface area contributed by atoms with Gasteiger partial charge in [-0.15, -0.1) is 11.3 Å². The van der Waals surface area contributed by atoms with Gasteiger partial charge in [-0.3, -0.25) is 9.69 Å². The molecule has 0 bridgehead atoms. The monoisotopic (exact) mass is 414 g/mol. The van der Waals surface area contributed by atoms with Crippen molar-refractivity contribution in [2.24, 2.45) is 0 Å². The lowest BCUT2D eigenvalue weighted by Gasteiger charge is -2.26. The zero-order valence-corrected chi connectivity index (χ0v) is 17.4. The number of likely N-dealkylation sites (tertiary alicyclic amines) is 1. The molecule has 1 aromatic carbocycles. The van der Waals surface area contributed by atoms with E-state index < -0.39 is 0 Å². The minimum absolute atomic E-state index is 0.111. The van der Waals surface area contributed by atoms with Gasteiger partial charge in [0.1, 0.15) is 13.2 Å². The average molecular weight is 415 g/mol. The molecule has 7 heteroatoms. The maximum Gasteiger partial charge on any atom is 0.244 e. The Hall–Kier alpha value is -2.51. The predicted molar refractivity (Wildman–Crippen MR) is 114 cm³/mol. The van der Waals surface area contributed by atoms with E-state index in [0.717, 1.165) is 18.7 Å². The second kappa shape index (κ2) is 9.33. The molecule has 6 nitrogen and oxygen atoms in total. The van der Waals surface area contributed by atoms with Gasteiger partial charge >= 0.3 is 0 Å². The van der Waals surface area contributed by atoms with Crippen LogP contribution in [0, 0.1) is 0 Å². The van der Waals surface area contributed by atoms with E-state index in [-0.39, 0.29) is 11.9 Å². The van der Waals surface area contributed by atoms with E-state index in [2.05, 4.69) is 27.7 Å². The zero-order valence-electron chi connectivity index (χ0n) is 16.6. The summed E-state index contributed by atoms with van der Waals surface area (Å²) in [5, 5.41) is 5.15. The summed E-state index contributed by atoms with van der Waals surface area (Å²) >= 11 is 1.75. The molecule has 0 saturated carbocycles. The second-order valence-corrected chi connectivity index (χ2v) is 8.08. The van der Waals surface area contributed by atoms with Crippen LogP contribution in [0.4, 0.5) is 0 Å². The van der Waals surface area contributed by atoms with Gasteiger partial charge in [-0.25, -0.2) is 0 Å². The summed E-state index contributed by atoms with van der Waals surface area (Å²) in [4.78, 5) is 16.2. The molecule has 3 heterocycles. The Morgan fingerprint density at radius 1 is 1.31 bits per heavy atom. The first kappa shape index (κ1) is 19.8. The molecular weight excluding hydrogens is 388 g/mol. The van der Waals surface area contributed by atoms with Crippen LogP contribution in [0.15, 0.2) is 35.7 Å². The van der Waals surface area contributed by atoms with Crippen molar-refractivity contribution in [1.82, 2.24) is 10.2 Å². The van der Waals surface area contributed by atoms with E-state index in [1.165, 1.54) is 17.7 Å². The topological polar surface area (TPSA) is 60.0 Å². The molecule has 1 aromatic heterocycles. The fraction of sp³-hybridized carbons (Fsp3) is 0.409. The van der Waals surface area contributed by atoms with Gasteiger partial charge in [-0.05, 0) is 61.1 Å². The van der Waals surface area contributed by atoms with Crippen molar-refractivity contribution in [2.45, 2.75) is 18.9 Å². The molecule has 1 unspecified atom stereocenters. The number of fused-ring (bicyclic) bond motifs is 1. The molecule has 154 valence electrons. The Morgan fingerprint density at radius 2 is 2.14 bits per heavy atom. The van der Waals surface area contributed by atoms with Crippen molar-refractivity contribution in [3.05, 3.63) is 46.2 Å². The lowest BCUT2D eigenvalue weighted by molar-refractivity contribution is -0.116. The molecular formula is C22H26N2O4S. The van der Waals surface area contributed by atoms with Crippen LogP contribution >= 0.6 is 11.3 Å². The van der Waals surface area contributed by atoms with Gasteiger partial charge in [0.25, 0.3) is 0 Å². The van der Waals surface area contributed by atoms with Crippen molar-refractivity contribution < 1.29 is 19.0 Å². The lowest BCUT2D eigenvalue weighted by atomic mass is 10.1. The normalized spacial score (nSPS) is 17.4. The third-order valence-electron chi connectivity index (χ3n) is 5.20. The number of rotatable bonds is 7. The highest BCUT2D eigenvalue weighted by atomic mass is 32.1. The third kappa shape index (κ3) is 4.74. The molecule has 2 aromatic rings. The first-order valence-electron chi connectivity index (χ1n) is 9.95. The first-order valence-corrected chi connectivity index (χ1v) is 10.8. The molecule has 29 heavy (non-hydrogen) atoms. The minimum Gasteiger partial charge on any atom is -0.493 e. The van der Waals surface area contributed by atoms with Crippen molar-refractivity contribution in [3.8, 4) is 17.2 Å². The Balaban J connectivity index is 1.40. The van der Waals surface area contributed by atoms with Gasteiger partial charge in [0, 0.05) is 17.5 Å². The van der Waals surface area contributed by atoms with Crippen LogP contribution in [-0.4, -0.2) is 50.8 Å². The SMILES string of the molecule is COc1cc(/C=C/C(=O)NCC(c2cccs2)N2CCCC2)cc2c1OCCO2. The molecule has 0 radical (unpaired) electrons. The highest BCUT2D eigenvalue weighted by Crippen LogP contribution is 2.40. The third-order valence-corrected chi connectivity index (χ3v) is 6.17. The Labute approximate surface area is 175 Å². The molecule has 2 aliphatic heterocycles. The zero-order chi connectivity index (χ0) is 20.1. The summed E-state index contributed by atoms with van der Waals surface area (Å²) < 4.78 is 16.7. The molecule has 0 aliphatic carbocycles. The summed E-state index contributed by atoms with van der Waals surface area (Å²) in [5.41, 5.74) is 0.829.